The van der Waals surface area contributed by atoms with Crippen LogP contribution in [-0.4, -0.2) is 8.42 Å². The van der Waals surface area contributed by atoms with E-state index in [0.717, 1.165) is 0 Å². The number of sulfonamides is 1. The van der Waals surface area contributed by atoms with Crippen molar-refractivity contribution in [3.8, 4) is 0 Å². The summed E-state index contributed by atoms with van der Waals surface area (Å²) in [5.41, 5.74) is 6.65. The van der Waals surface area contributed by atoms with E-state index in [0.29, 0.717) is 15.7 Å². The van der Waals surface area contributed by atoms with Gasteiger partial charge in [-0.15, -0.1) is 0 Å². The van der Waals surface area contributed by atoms with Gasteiger partial charge < -0.3 is 5.73 Å². The van der Waals surface area contributed by atoms with Crippen molar-refractivity contribution in [3.63, 3.8) is 0 Å². The number of nitrogens with one attached hydrogen (secondary N) is 1. The second-order valence-electron chi connectivity index (χ2n) is 3.90. The molecular weight excluding hydrogens is 328 g/mol. The highest BCUT2D eigenvalue weighted by Crippen LogP contribution is 2.25. The average molecular weight is 341 g/mol. The standard InChI is InChI=1S/C13H13BrN2O2S/c14-11-6-2-3-7-12(11)16-19(17,18)13-8-4-1-5-10(13)9-15/h1-8,16H,9,15H2. The van der Waals surface area contributed by atoms with Crippen LogP contribution < -0.4 is 10.5 Å². The number of hydrogen-bond acceptors (Lipinski definition) is 3. The molecule has 0 radical (unpaired) electrons. The molecule has 0 saturated heterocycles. The van der Waals surface area contributed by atoms with Crippen molar-refractivity contribution in [1.29, 1.82) is 0 Å². The highest BCUT2D eigenvalue weighted by molar-refractivity contribution is 9.10. The van der Waals surface area contributed by atoms with Crippen molar-refractivity contribution in [2.24, 2.45) is 5.73 Å². The van der Waals surface area contributed by atoms with E-state index in [9.17, 15) is 8.42 Å². The van der Waals surface area contributed by atoms with Crippen LogP contribution in [0.1, 0.15) is 5.56 Å². The normalized spacial score (nSPS) is 11.3. The number of halogens is 1. The molecule has 0 fully saturated rings. The maximum atomic E-state index is 12.3. The van der Waals surface area contributed by atoms with Crippen LogP contribution in [0.3, 0.4) is 0 Å². The number of rotatable bonds is 4. The van der Waals surface area contributed by atoms with Crippen LogP contribution in [0.15, 0.2) is 57.9 Å². The van der Waals surface area contributed by atoms with Crippen molar-refractivity contribution in [3.05, 3.63) is 58.6 Å². The van der Waals surface area contributed by atoms with Gasteiger partial charge in [0.2, 0.25) is 0 Å². The Morgan fingerprint density at radius 1 is 1.05 bits per heavy atom. The van der Waals surface area contributed by atoms with Crippen molar-refractivity contribution in [2.45, 2.75) is 11.4 Å². The molecule has 100 valence electrons. The molecule has 0 heterocycles. The quantitative estimate of drug-likeness (QED) is 0.898. The zero-order valence-electron chi connectivity index (χ0n) is 10.0. The Bertz CT molecular complexity index is 687. The molecule has 6 heteroatoms. The van der Waals surface area contributed by atoms with Crippen LogP contribution in [0.5, 0.6) is 0 Å². The lowest BCUT2D eigenvalue weighted by Crippen LogP contribution is -2.16. The largest absolute Gasteiger partial charge is 0.326 e. The molecule has 0 aliphatic carbocycles. The molecule has 0 unspecified atom stereocenters. The fourth-order valence-corrected chi connectivity index (χ4v) is 3.53. The lowest BCUT2D eigenvalue weighted by atomic mass is 10.2. The Kier molecular flexibility index (Phi) is 4.24. The second-order valence-corrected chi connectivity index (χ2v) is 6.40. The zero-order valence-corrected chi connectivity index (χ0v) is 12.4. The predicted molar refractivity (Wildman–Crippen MR) is 79.3 cm³/mol. The lowest BCUT2D eigenvalue weighted by Gasteiger charge is -2.12. The third-order valence-corrected chi connectivity index (χ3v) is 4.76. The van der Waals surface area contributed by atoms with Crippen LogP contribution in [-0.2, 0) is 16.6 Å². The number of nitrogens with two attached hydrogens (primary N) is 1. The molecular formula is C13H13BrN2O2S. The monoisotopic (exact) mass is 340 g/mol. The minimum Gasteiger partial charge on any atom is -0.326 e. The fraction of sp³-hybridized carbons (Fsp3) is 0.0769. The van der Waals surface area contributed by atoms with E-state index in [2.05, 4.69) is 20.7 Å². The number of hydrogen-bond donors (Lipinski definition) is 2. The smallest absolute Gasteiger partial charge is 0.262 e. The van der Waals surface area contributed by atoms with Crippen LogP contribution in [0.2, 0.25) is 0 Å². The molecule has 0 aliphatic rings. The van der Waals surface area contributed by atoms with E-state index in [4.69, 9.17) is 5.73 Å². The number of anilines is 1. The summed E-state index contributed by atoms with van der Waals surface area (Å²) in [7, 11) is -3.64. The fourth-order valence-electron chi connectivity index (χ4n) is 1.68. The van der Waals surface area contributed by atoms with Gasteiger partial charge in [0.1, 0.15) is 0 Å². The Morgan fingerprint density at radius 3 is 2.37 bits per heavy atom. The summed E-state index contributed by atoms with van der Waals surface area (Å²) in [4.78, 5) is 0.202. The maximum Gasteiger partial charge on any atom is 0.262 e. The highest BCUT2D eigenvalue weighted by atomic mass is 79.9. The van der Waals surface area contributed by atoms with E-state index in [1.165, 1.54) is 0 Å². The van der Waals surface area contributed by atoms with Gasteiger partial charge in [-0.2, -0.15) is 0 Å². The molecule has 0 spiro atoms. The summed E-state index contributed by atoms with van der Waals surface area (Å²) in [5, 5.41) is 0. The van der Waals surface area contributed by atoms with Crippen LogP contribution >= 0.6 is 15.9 Å². The lowest BCUT2D eigenvalue weighted by molar-refractivity contribution is 0.600. The summed E-state index contributed by atoms with van der Waals surface area (Å²) in [6.07, 6.45) is 0. The van der Waals surface area contributed by atoms with Crippen molar-refractivity contribution >= 4 is 31.6 Å². The minimum absolute atomic E-state index is 0.174. The third-order valence-electron chi connectivity index (χ3n) is 2.60. The SMILES string of the molecule is NCc1ccccc1S(=O)(=O)Nc1ccccc1Br. The van der Waals surface area contributed by atoms with Crippen molar-refractivity contribution in [1.82, 2.24) is 0 Å². The molecule has 0 amide bonds. The maximum absolute atomic E-state index is 12.3. The Morgan fingerprint density at radius 2 is 1.68 bits per heavy atom. The number of benzene rings is 2. The first-order valence-corrected chi connectivity index (χ1v) is 7.87. The van der Waals surface area contributed by atoms with Gasteiger partial charge in [0, 0.05) is 11.0 Å². The first-order valence-electron chi connectivity index (χ1n) is 5.60. The summed E-state index contributed by atoms with van der Waals surface area (Å²) in [5.74, 6) is 0. The van der Waals surface area contributed by atoms with Crippen LogP contribution in [0.25, 0.3) is 0 Å². The third kappa shape index (κ3) is 3.15. The van der Waals surface area contributed by atoms with Gasteiger partial charge in [0.25, 0.3) is 10.0 Å². The summed E-state index contributed by atoms with van der Waals surface area (Å²) < 4.78 is 27.9. The predicted octanol–water partition coefficient (Wildman–Crippen LogP) is 2.71. The van der Waals surface area contributed by atoms with E-state index < -0.39 is 10.0 Å². The van der Waals surface area contributed by atoms with Crippen molar-refractivity contribution in [2.75, 3.05) is 4.72 Å². The Labute approximate surface area is 120 Å². The summed E-state index contributed by atoms with van der Waals surface area (Å²) in [6.45, 7) is 0.174. The molecule has 2 aromatic rings. The molecule has 3 N–H and O–H groups in total. The van der Waals surface area contributed by atoms with Crippen LogP contribution in [0.4, 0.5) is 5.69 Å². The summed E-state index contributed by atoms with van der Waals surface area (Å²) in [6, 6.07) is 13.7. The molecule has 2 rings (SSSR count). The average Bonchev–Trinajstić information content (AvgIpc) is 2.41. The molecule has 0 atom stereocenters. The summed E-state index contributed by atoms with van der Waals surface area (Å²) >= 11 is 3.31. The molecule has 0 aromatic heterocycles. The molecule has 0 saturated carbocycles. The van der Waals surface area contributed by atoms with Gasteiger partial charge in [-0.1, -0.05) is 30.3 Å². The number of para-hydroxylation sites is 1. The highest BCUT2D eigenvalue weighted by Gasteiger charge is 2.18. The zero-order chi connectivity index (χ0) is 13.9. The first-order chi connectivity index (χ1) is 9.04. The van der Waals surface area contributed by atoms with Gasteiger partial charge in [-0.05, 0) is 39.7 Å². The molecule has 19 heavy (non-hydrogen) atoms. The van der Waals surface area contributed by atoms with Crippen molar-refractivity contribution < 1.29 is 8.42 Å². The van der Waals surface area contributed by atoms with E-state index >= 15 is 0 Å². The van der Waals surface area contributed by atoms with Gasteiger partial charge in [-0.25, -0.2) is 8.42 Å². The Balaban J connectivity index is 2.41. The van der Waals surface area contributed by atoms with E-state index in [1.807, 2.05) is 6.07 Å². The van der Waals surface area contributed by atoms with Gasteiger partial charge in [0.15, 0.2) is 0 Å². The van der Waals surface area contributed by atoms with E-state index in [-0.39, 0.29) is 11.4 Å². The van der Waals surface area contributed by atoms with Gasteiger partial charge in [-0.3, -0.25) is 4.72 Å². The minimum atomic E-state index is -3.64. The molecule has 0 bridgehead atoms. The van der Waals surface area contributed by atoms with Gasteiger partial charge in [0.05, 0.1) is 10.6 Å². The second kappa shape index (κ2) is 5.73. The molecule has 4 nitrogen and oxygen atoms in total. The topological polar surface area (TPSA) is 72.2 Å². The van der Waals surface area contributed by atoms with Gasteiger partial charge >= 0.3 is 0 Å². The van der Waals surface area contributed by atoms with E-state index in [1.54, 1.807) is 42.5 Å². The Hall–Kier alpha value is -1.37. The first kappa shape index (κ1) is 14.0. The van der Waals surface area contributed by atoms with Crippen LogP contribution in [0, 0.1) is 0 Å². The molecule has 2 aromatic carbocycles. The molecule has 0 aliphatic heterocycles.